The maximum absolute atomic E-state index is 12.6. The minimum Gasteiger partial charge on any atom is -0.434 e. The third-order valence-corrected chi connectivity index (χ3v) is 5.34. The second kappa shape index (κ2) is 11.3. The number of hydrogen-bond donors (Lipinski definition) is 2. The molecule has 0 aliphatic heterocycles. The van der Waals surface area contributed by atoms with Crippen molar-refractivity contribution in [2.75, 3.05) is 11.9 Å². The van der Waals surface area contributed by atoms with Gasteiger partial charge in [0.1, 0.15) is 5.75 Å². The van der Waals surface area contributed by atoms with Crippen LogP contribution in [0.5, 0.6) is 5.75 Å². The zero-order valence-corrected chi connectivity index (χ0v) is 19.4. The quantitative estimate of drug-likeness (QED) is 0.248. The van der Waals surface area contributed by atoms with Crippen molar-refractivity contribution >= 4 is 46.2 Å². The van der Waals surface area contributed by atoms with Crippen LogP contribution < -0.4 is 15.4 Å². The van der Waals surface area contributed by atoms with Gasteiger partial charge in [-0.1, -0.05) is 30.3 Å². The van der Waals surface area contributed by atoms with Gasteiger partial charge < -0.3 is 20.1 Å². The summed E-state index contributed by atoms with van der Waals surface area (Å²) in [6.45, 7) is 2.12. The van der Waals surface area contributed by atoms with Crippen LogP contribution in [0.15, 0.2) is 72.8 Å². The number of para-hydroxylation sites is 1. The lowest BCUT2D eigenvalue weighted by Crippen LogP contribution is -2.24. The number of nitrogens with one attached hydrogen (secondary N) is 2. The molecular weight excluding hydrogens is 523 g/mol. The van der Waals surface area contributed by atoms with Crippen LogP contribution >= 0.6 is 22.6 Å². The predicted molar refractivity (Wildman–Crippen MR) is 129 cm³/mol. The first-order valence-corrected chi connectivity index (χ1v) is 10.9. The van der Waals surface area contributed by atoms with Crippen molar-refractivity contribution in [3.63, 3.8) is 0 Å². The van der Waals surface area contributed by atoms with Crippen molar-refractivity contribution in [2.45, 2.75) is 13.5 Å². The van der Waals surface area contributed by atoms with Crippen LogP contribution in [-0.4, -0.2) is 24.6 Å². The van der Waals surface area contributed by atoms with Crippen LogP contribution in [-0.2, 0) is 11.3 Å². The molecule has 3 rings (SSSR count). The van der Waals surface area contributed by atoms with Crippen LogP contribution in [0.25, 0.3) is 0 Å². The van der Waals surface area contributed by atoms with Gasteiger partial charge in [-0.25, -0.2) is 4.79 Å². The van der Waals surface area contributed by atoms with Gasteiger partial charge in [0.05, 0.1) is 12.2 Å². The zero-order valence-electron chi connectivity index (χ0n) is 17.3. The Morgan fingerprint density at radius 2 is 1.56 bits per heavy atom. The van der Waals surface area contributed by atoms with Gasteiger partial charge in [-0.05, 0) is 77.5 Å². The van der Waals surface area contributed by atoms with E-state index in [4.69, 9.17) is 9.47 Å². The van der Waals surface area contributed by atoms with E-state index in [0.717, 1.165) is 9.13 Å². The molecule has 0 spiro atoms. The number of amides is 2. The second-order valence-electron chi connectivity index (χ2n) is 6.58. The first kappa shape index (κ1) is 23.3. The molecule has 2 amide bonds. The van der Waals surface area contributed by atoms with Gasteiger partial charge in [-0.3, -0.25) is 9.59 Å². The summed E-state index contributed by atoms with van der Waals surface area (Å²) in [5.41, 5.74) is 2.37. The number of benzene rings is 3. The van der Waals surface area contributed by atoms with Crippen molar-refractivity contribution in [1.29, 1.82) is 0 Å². The molecule has 2 N–H and O–H groups in total. The number of rotatable bonds is 7. The lowest BCUT2D eigenvalue weighted by atomic mass is 10.1. The molecule has 0 atom stereocenters. The molecule has 0 heterocycles. The van der Waals surface area contributed by atoms with E-state index in [1.165, 1.54) is 12.1 Å². The van der Waals surface area contributed by atoms with Gasteiger partial charge in [0.25, 0.3) is 11.8 Å². The van der Waals surface area contributed by atoms with E-state index in [1.54, 1.807) is 31.2 Å². The predicted octanol–water partition coefficient (Wildman–Crippen LogP) is 5.01. The van der Waals surface area contributed by atoms with Gasteiger partial charge in [0.15, 0.2) is 0 Å². The molecule has 0 aliphatic rings. The highest BCUT2D eigenvalue weighted by atomic mass is 127. The van der Waals surface area contributed by atoms with Crippen LogP contribution in [0, 0.1) is 3.57 Å². The second-order valence-corrected chi connectivity index (χ2v) is 7.75. The number of ether oxygens (including phenoxy) is 2. The summed E-state index contributed by atoms with van der Waals surface area (Å²) >= 11 is 2.12. The fraction of sp³-hybridized carbons (Fsp3) is 0.125. The van der Waals surface area contributed by atoms with Crippen LogP contribution in [0.4, 0.5) is 10.5 Å². The zero-order chi connectivity index (χ0) is 22.9. The van der Waals surface area contributed by atoms with E-state index in [1.807, 2.05) is 36.4 Å². The molecule has 0 aromatic heterocycles. The largest absolute Gasteiger partial charge is 0.513 e. The Kier molecular flexibility index (Phi) is 8.20. The topological polar surface area (TPSA) is 93.7 Å². The molecule has 0 radical (unpaired) electrons. The summed E-state index contributed by atoms with van der Waals surface area (Å²) in [5, 5.41) is 5.75. The first-order chi connectivity index (χ1) is 15.5. The minimum atomic E-state index is -0.798. The van der Waals surface area contributed by atoms with E-state index < -0.39 is 6.16 Å². The Balaban J connectivity index is 1.62. The average Bonchev–Trinajstić information content (AvgIpc) is 2.79. The lowest BCUT2D eigenvalue weighted by Gasteiger charge is -2.13. The minimum absolute atomic E-state index is 0.214. The summed E-state index contributed by atoms with van der Waals surface area (Å²) in [7, 11) is 0. The number of anilines is 1. The maximum atomic E-state index is 12.6. The van der Waals surface area contributed by atoms with Gasteiger partial charge in [0, 0.05) is 21.4 Å². The normalized spacial score (nSPS) is 10.2. The molecule has 3 aromatic carbocycles. The Bertz CT molecular complexity index is 1120. The van der Waals surface area contributed by atoms with E-state index in [9.17, 15) is 14.4 Å². The first-order valence-electron chi connectivity index (χ1n) is 9.84. The summed E-state index contributed by atoms with van der Waals surface area (Å²) in [6, 6.07) is 20.7. The Morgan fingerprint density at radius 1 is 0.875 bits per heavy atom. The van der Waals surface area contributed by atoms with E-state index in [0.29, 0.717) is 16.8 Å². The van der Waals surface area contributed by atoms with Gasteiger partial charge in [0.2, 0.25) is 0 Å². The molecule has 164 valence electrons. The summed E-state index contributed by atoms with van der Waals surface area (Å²) in [4.78, 5) is 36.5. The highest BCUT2D eigenvalue weighted by Gasteiger charge is 2.13. The Hall–Kier alpha value is -3.40. The monoisotopic (exact) mass is 544 g/mol. The average molecular weight is 544 g/mol. The van der Waals surface area contributed by atoms with E-state index >= 15 is 0 Å². The van der Waals surface area contributed by atoms with E-state index in [2.05, 4.69) is 33.2 Å². The van der Waals surface area contributed by atoms with Crippen LogP contribution in [0.1, 0.15) is 33.2 Å². The molecular formula is C24H21IN2O5. The van der Waals surface area contributed by atoms with Crippen molar-refractivity contribution < 1.29 is 23.9 Å². The summed E-state index contributed by atoms with van der Waals surface area (Å²) in [5.74, 6) is -0.235. The molecule has 0 saturated carbocycles. The number of halogens is 1. The number of carbonyl (C=O) groups is 3. The highest BCUT2D eigenvalue weighted by molar-refractivity contribution is 14.1. The fourth-order valence-electron chi connectivity index (χ4n) is 2.83. The number of hydrogen-bond acceptors (Lipinski definition) is 5. The van der Waals surface area contributed by atoms with Crippen molar-refractivity contribution in [3.8, 4) is 5.75 Å². The fourth-order valence-corrected chi connectivity index (χ4v) is 3.46. The molecule has 8 heteroatoms. The summed E-state index contributed by atoms with van der Waals surface area (Å²) in [6.07, 6.45) is -0.798. The van der Waals surface area contributed by atoms with Gasteiger partial charge in [-0.15, -0.1) is 0 Å². The Morgan fingerprint density at radius 3 is 2.28 bits per heavy atom. The highest BCUT2D eigenvalue weighted by Crippen LogP contribution is 2.19. The van der Waals surface area contributed by atoms with Gasteiger partial charge >= 0.3 is 6.16 Å². The molecule has 0 fully saturated rings. The van der Waals surface area contributed by atoms with Gasteiger partial charge in [-0.2, -0.15) is 0 Å². The van der Waals surface area contributed by atoms with Crippen molar-refractivity contribution in [2.24, 2.45) is 0 Å². The third-order valence-electron chi connectivity index (χ3n) is 4.40. The Labute approximate surface area is 199 Å². The van der Waals surface area contributed by atoms with Crippen LogP contribution in [0.2, 0.25) is 0 Å². The molecule has 0 saturated heterocycles. The SMILES string of the molecule is CCOC(=O)Oc1ccc(C(=O)NCc2ccccc2NC(=O)c2ccccc2I)cc1. The van der Waals surface area contributed by atoms with E-state index in [-0.39, 0.29) is 30.7 Å². The summed E-state index contributed by atoms with van der Waals surface area (Å²) < 4.78 is 10.5. The van der Waals surface area contributed by atoms with Crippen molar-refractivity contribution in [1.82, 2.24) is 5.32 Å². The molecule has 0 bridgehead atoms. The molecule has 3 aromatic rings. The molecule has 0 unspecified atom stereocenters. The molecule has 32 heavy (non-hydrogen) atoms. The lowest BCUT2D eigenvalue weighted by molar-refractivity contribution is 0.0950. The van der Waals surface area contributed by atoms with Crippen LogP contribution in [0.3, 0.4) is 0 Å². The molecule has 7 nitrogen and oxygen atoms in total. The maximum Gasteiger partial charge on any atom is 0.513 e. The molecule has 0 aliphatic carbocycles. The van der Waals surface area contributed by atoms with Crippen molar-refractivity contribution in [3.05, 3.63) is 93.1 Å². The smallest absolute Gasteiger partial charge is 0.434 e. The number of carbonyl (C=O) groups excluding carboxylic acids is 3. The third kappa shape index (κ3) is 6.30. The standard InChI is InChI=1S/C24H21IN2O5/c1-2-31-24(30)32-18-13-11-16(12-14-18)22(28)26-15-17-7-3-6-10-21(17)27-23(29)19-8-4-5-9-20(19)25/h3-14H,2,15H2,1H3,(H,26,28)(H,27,29).